The molecule has 6 heteroatoms. The van der Waals surface area contributed by atoms with E-state index in [0.29, 0.717) is 6.54 Å². The number of likely N-dealkylation sites (tertiary alicyclic amines) is 1. The minimum Gasteiger partial charge on any atom is -0.361 e. The van der Waals surface area contributed by atoms with E-state index in [1.165, 1.54) is 18.6 Å². The van der Waals surface area contributed by atoms with Gasteiger partial charge in [-0.15, -0.1) is 0 Å². The number of nitrogens with zero attached hydrogens (tertiary/aromatic N) is 3. The maximum Gasteiger partial charge on any atom is 0.244 e. The first-order valence-corrected chi connectivity index (χ1v) is 8.71. The number of aromatic nitrogens is 1. The van der Waals surface area contributed by atoms with Crippen LogP contribution in [0.15, 0.2) is 34.9 Å². The minimum atomic E-state index is -0.390. The van der Waals surface area contributed by atoms with Crippen molar-refractivity contribution < 1.29 is 13.7 Å². The van der Waals surface area contributed by atoms with Crippen molar-refractivity contribution >= 4 is 5.91 Å². The van der Waals surface area contributed by atoms with Crippen LogP contribution in [0, 0.1) is 12.7 Å². The van der Waals surface area contributed by atoms with Gasteiger partial charge in [0.2, 0.25) is 5.91 Å². The molecular formula is C19H24FN3O2. The van der Waals surface area contributed by atoms with Gasteiger partial charge in [0, 0.05) is 13.1 Å². The molecule has 0 aliphatic carbocycles. The third kappa shape index (κ3) is 4.25. The highest BCUT2D eigenvalue weighted by Gasteiger charge is 2.31. The van der Waals surface area contributed by atoms with E-state index in [0.717, 1.165) is 42.9 Å². The maximum atomic E-state index is 13.3. The molecule has 3 rings (SSSR count). The highest BCUT2D eigenvalue weighted by Crippen LogP contribution is 2.27. The first-order valence-electron chi connectivity index (χ1n) is 8.71. The normalized spacial score (nSPS) is 16.6. The fourth-order valence-electron chi connectivity index (χ4n) is 3.35. The Labute approximate surface area is 147 Å². The van der Waals surface area contributed by atoms with Crippen LogP contribution in [-0.4, -0.2) is 41.0 Å². The molecule has 1 amide bonds. The van der Waals surface area contributed by atoms with Crippen LogP contribution in [0.3, 0.4) is 0 Å². The van der Waals surface area contributed by atoms with Crippen molar-refractivity contribution in [3.8, 4) is 0 Å². The van der Waals surface area contributed by atoms with Gasteiger partial charge in [-0.25, -0.2) is 4.39 Å². The quantitative estimate of drug-likeness (QED) is 0.834. The van der Waals surface area contributed by atoms with E-state index in [9.17, 15) is 9.18 Å². The molecule has 1 aromatic carbocycles. The van der Waals surface area contributed by atoms with Gasteiger partial charge >= 0.3 is 0 Å². The van der Waals surface area contributed by atoms with Gasteiger partial charge in [-0.05, 0) is 50.6 Å². The number of halogens is 1. The molecule has 5 nitrogen and oxygen atoms in total. The number of rotatable bonds is 5. The summed E-state index contributed by atoms with van der Waals surface area (Å²) in [6.07, 6.45) is 3.35. The lowest BCUT2D eigenvalue weighted by Crippen LogP contribution is -2.43. The summed E-state index contributed by atoms with van der Waals surface area (Å²) < 4.78 is 18.4. The molecule has 0 saturated carbocycles. The summed E-state index contributed by atoms with van der Waals surface area (Å²) in [6.45, 7) is 3.98. The Balaban J connectivity index is 1.81. The van der Waals surface area contributed by atoms with Crippen molar-refractivity contribution in [1.82, 2.24) is 15.0 Å². The van der Waals surface area contributed by atoms with E-state index in [2.05, 4.69) is 10.1 Å². The van der Waals surface area contributed by atoms with Crippen molar-refractivity contribution in [3.05, 3.63) is 53.2 Å². The van der Waals surface area contributed by atoms with Crippen LogP contribution >= 0.6 is 0 Å². The predicted molar refractivity (Wildman–Crippen MR) is 92.3 cm³/mol. The number of amides is 1. The summed E-state index contributed by atoms with van der Waals surface area (Å²) in [5.41, 5.74) is 1.56. The molecule has 1 aliphatic heterocycles. The summed E-state index contributed by atoms with van der Waals surface area (Å²) in [4.78, 5) is 17.0. The smallest absolute Gasteiger partial charge is 0.244 e. The highest BCUT2D eigenvalue weighted by molar-refractivity contribution is 5.83. The molecular weight excluding hydrogens is 321 g/mol. The number of likely N-dealkylation sites (N-methyl/N-ethyl adjacent to an activating group) is 1. The number of benzene rings is 1. The molecule has 1 saturated heterocycles. The van der Waals surface area contributed by atoms with Crippen LogP contribution in [-0.2, 0) is 11.3 Å². The van der Waals surface area contributed by atoms with Crippen LogP contribution in [0.25, 0.3) is 0 Å². The van der Waals surface area contributed by atoms with E-state index in [1.807, 2.05) is 13.0 Å². The Kier molecular flexibility index (Phi) is 5.48. The fourth-order valence-corrected chi connectivity index (χ4v) is 3.35. The lowest BCUT2D eigenvalue weighted by atomic mass is 10.0. The van der Waals surface area contributed by atoms with Crippen LogP contribution < -0.4 is 0 Å². The van der Waals surface area contributed by atoms with E-state index in [-0.39, 0.29) is 17.8 Å². The SMILES string of the molecule is Cc1cc(CN(C)C(=O)C(c2ccc(F)cc2)N2CCCCC2)no1. The van der Waals surface area contributed by atoms with Crippen LogP contribution in [0.1, 0.15) is 42.3 Å². The second kappa shape index (κ2) is 7.78. The number of hydrogen-bond acceptors (Lipinski definition) is 4. The lowest BCUT2D eigenvalue weighted by Gasteiger charge is -2.35. The molecule has 25 heavy (non-hydrogen) atoms. The van der Waals surface area contributed by atoms with Crippen molar-refractivity contribution in [2.75, 3.05) is 20.1 Å². The Morgan fingerprint density at radius 1 is 1.28 bits per heavy atom. The molecule has 1 fully saturated rings. The van der Waals surface area contributed by atoms with Gasteiger partial charge < -0.3 is 9.42 Å². The number of aryl methyl sites for hydroxylation is 1. The molecule has 2 aromatic rings. The number of piperidine rings is 1. The molecule has 1 aromatic heterocycles. The third-order valence-electron chi connectivity index (χ3n) is 4.63. The maximum absolute atomic E-state index is 13.3. The van der Waals surface area contributed by atoms with Gasteiger partial charge in [0.25, 0.3) is 0 Å². The molecule has 0 spiro atoms. The first kappa shape index (κ1) is 17.6. The molecule has 0 N–H and O–H groups in total. The number of hydrogen-bond donors (Lipinski definition) is 0. The molecule has 0 radical (unpaired) electrons. The topological polar surface area (TPSA) is 49.6 Å². The van der Waals surface area contributed by atoms with E-state index >= 15 is 0 Å². The Morgan fingerprint density at radius 3 is 2.56 bits per heavy atom. The predicted octanol–water partition coefficient (Wildman–Crippen LogP) is 3.31. The average molecular weight is 345 g/mol. The number of carbonyl (C=O) groups is 1. The lowest BCUT2D eigenvalue weighted by molar-refractivity contribution is -0.137. The summed E-state index contributed by atoms with van der Waals surface area (Å²) >= 11 is 0. The summed E-state index contributed by atoms with van der Waals surface area (Å²) in [5, 5.41) is 3.96. The van der Waals surface area contributed by atoms with Crippen LogP contribution in [0.5, 0.6) is 0 Å². The largest absolute Gasteiger partial charge is 0.361 e. The van der Waals surface area contributed by atoms with Gasteiger partial charge in [-0.2, -0.15) is 0 Å². The Hall–Kier alpha value is -2.21. The second-order valence-corrected chi connectivity index (χ2v) is 6.67. The zero-order valence-electron chi connectivity index (χ0n) is 14.7. The second-order valence-electron chi connectivity index (χ2n) is 6.67. The first-order chi connectivity index (χ1) is 12.0. The Bertz CT molecular complexity index is 708. The molecule has 1 atom stereocenters. The van der Waals surface area contributed by atoms with E-state index < -0.39 is 0 Å². The van der Waals surface area contributed by atoms with Crippen LogP contribution in [0.4, 0.5) is 4.39 Å². The molecule has 0 bridgehead atoms. The van der Waals surface area contributed by atoms with Crippen molar-refractivity contribution in [3.63, 3.8) is 0 Å². The Morgan fingerprint density at radius 2 is 1.96 bits per heavy atom. The van der Waals surface area contributed by atoms with Gasteiger partial charge in [-0.3, -0.25) is 9.69 Å². The average Bonchev–Trinajstić information content (AvgIpc) is 3.02. The monoisotopic (exact) mass is 345 g/mol. The molecule has 2 heterocycles. The van der Waals surface area contributed by atoms with Gasteiger partial charge in [-0.1, -0.05) is 23.7 Å². The molecule has 134 valence electrons. The minimum absolute atomic E-state index is 0.00541. The zero-order valence-corrected chi connectivity index (χ0v) is 14.7. The molecule has 1 unspecified atom stereocenters. The van der Waals surface area contributed by atoms with Crippen LogP contribution in [0.2, 0.25) is 0 Å². The standard InChI is InChI=1S/C19H24FN3O2/c1-14-12-17(21-25-14)13-22(2)19(24)18(23-10-4-3-5-11-23)15-6-8-16(20)9-7-15/h6-9,12,18H,3-5,10-11,13H2,1-2H3. The van der Waals surface area contributed by atoms with E-state index in [4.69, 9.17) is 4.52 Å². The summed E-state index contributed by atoms with van der Waals surface area (Å²) in [5.74, 6) is 0.427. The van der Waals surface area contributed by atoms with Crippen molar-refractivity contribution in [2.24, 2.45) is 0 Å². The highest BCUT2D eigenvalue weighted by atomic mass is 19.1. The van der Waals surface area contributed by atoms with Crippen molar-refractivity contribution in [2.45, 2.75) is 38.8 Å². The van der Waals surface area contributed by atoms with Crippen molar-refractivity contribution in [1.29, 1.82) is 0 Å². The third-order valence-corrected chi connectivity index (χ3v) is 4.63. The fraction of sp³-hybridized carbons (Fsp3) is 0.474. The number of carbonyl (C=O) groups excluding carboxylic acids is 1. The van der Waals surface area contributed by atoms with E-state index in [1.54, 1.807) is 24.1 Å². The molecule has 1 aliphatic rings. The van der Waals surface area contributed by atoms with Gasteiger partial charge in [0.15, 0.2) is 0 Å². The van der Waals surface area contributed by atoms with Gasteiger partial charge in [0.05, 0.1) is 6.54 Å². The van der Waals surface area contributed by atoms with Gasteiger partial charge in [0.1, 0.15) is 23.3 Å². The summed E-state index contributed by atoms with van der Waals surface area (Å²) in [7, 11) is 1.77. The summed E-state index contributed by atoms with van der Waals surface area (Å²) in [6, 6.07) is 7.69. The zero-order chi connectivity index (χ0) is 17.8.